The van der Waals surface area contributed by atoms with Crippen molar-refractivity contribution in [1.29, 1.82) is 0 Å². The fourth-order valence-electron chi connectivity index (χ4n) is 1.83. The Bertz CT molecular complexity index is 702. The standard InChI is InChI=1S/C17H15Cl2NO/c1-12-10-15(8-7-13(12)5-3-9-20)21-11-14-4-2-6-16(18)17(14)19/h2,4,6-8,10H,9,11,20H2,1H3. The molecule has 0 aromatic heterocycles. The maximum Gasteiger partial charge on any atom is 0.120 e. The first-order valence-electron chi connectivity index (χ1n) is 6.47. The van der Waals surface area contributed by atoms with Gasteiger partial charge in [0.05, 0.1) is 16.6 Å². The van der Waals surface area contributed by atoms with Crippen LogP contribution in [-0.2, 0) is 6.61 Å². The highest BCUT2D eigenvalue weighted by Gasteiger charge is 2.05. The molecule has 0 spiro atoms. The molecule has 0 fully saturated rings. The lowest BCUT2D eigenvalue weighted by Gasteiger charge is -2.10. The van der Waals surface area contributed by atoms with E-state index in [1.807, 2.05) is 37.3 Å². The largest absolute Gasteiger partial charge is 0.489 e. The zero-order chi connectivity index (χ0) is 15.2. The first-order valence-corrected chi connectivity index (χ1v) is 7.22. The van der Waals surface area contributed by atoms with Crippen LogP contribution in [0.4, 0.5) is 0 Å². The van der Waals surface area contributed by atoms with Crippen molar-refractivity contribution in [1.82, 2.24) is 0 Å². The second-order valence-electron chi connectivity index (χ2n) is 4.48. The monoisotopic (exact) mass is 319 g/mol. The van der Waals surface area contributed by atoms with E-state index < -0.39 is 0 Å². The van der Waals surface area contributed by atoms with Crippen LogP contribution in [-0.4, -0.2) is 6.54 Å². The van der Waals surface area contributed by atoms with E-state index in [2.05, 4.69) is 11.8 Å². The Morgan fingerprint density at radius 3 is 2.71 bits per heavy atom. The maximum absolute atomic E-state index is 6.13. The predicted molar refractivity (Wildman–Crippen MR) is 87.9 cm³/mol. The van der Waals surface area contributed by atoms with Crippen molar-refractivity contribution in [3.05, 3.63) is 63.1 Å². The third-order valence-electron chi connectivity index (χ3n) is 2.95. The van der Waals surface area contributed by atoms with Crippen molar-refractivity contribution in [3.8, 4) is 17.6 Å². The van der Waals surface area contributed by atoms with Crippen LogP contribution in [0.2, 0.25) is 10.0 Å². The number of rotatable bonds is 3. The number of aryl methyl sites for hydroxylation is 1. The molecule has 2 aromatic rings. The van der Waals surface area contributed by atoms with E-state index in [-0.39, 0.29) is 0 Å². The Morgan fingerprint density at radius 1 is 1.19 bits per heavy atom. The molecule has 2 rings (SSSR count). The van der Waals surface area contributed by atoms with Gasteiger partial charge in [-0.2, -0.15) is 0 Å². The second kappa shape index (κ2) is 7.38. The normalized spacial score (nSPS) is 9.90. The van der Waals surface area contributed by atoms with Gasteiger partial charge in [0.25, 0.3) is 0 Å². The van der Waals surface area contributed by atoms with E-state index in [1.54, 1.807) is 6.07 Å². The summed E-state index contributed by atoms with van der Waals surface area (Å²) in [5.41, 5.74) is 8.23. The zero-order valence-electron chi connectivity index (χ0n) is 11.6. The Labute approximate surface area is 134 Å². The molecule has 2 aromatic carbocycles. The molecule has 0 unspecified atom stereocenters. The number of benzene rings is 2. The number of ether oxygens (including phenoxy) is 1. The lowest BCUT2D eigenvalue weighted by Crippen LogP contribution is -1.97. The minimum Gasteiger partial charge on any atom is -0.489 e. The predicted octanol–water partition coefficient (Wildman–Crippen LogP) is 4.19. The van der Waals surface area contributed by atoms with E-state index in [0.717, 1.165) is 22.4 Å². The Balaban J connectivity index is 2.10. The van der Waals surface area contributed by atoms with Crippen molar-refractivity contribution in [3.63, 3.8) is 0 Å². The average molecular weight is 320 g/mol. The average Bonchev–Trinajstić information content (AvgIpc) is 2.48. The van der Waals surface area contributed by atoms with E-state index >= 15 is 0 Å². The van der Waals surface area contributed by atoms with Gasteiger partial charge in [-0.25, -0.2) is 0 Å². The first kappa shape index (κ1) is 15.7. The zero-order valence-corrected chi connectivity index (χ0v) is 13.1. The summed E-state index contributed by atoms with van der Waals surface area (Å²) in [5, 5.41) is 1.06. The molecule has 0 aliphatic heterocycles. The van der Waals surface area contributed by atoms with Crippen molar-refractivity contribution >= 4 is 23.2 Å². The van der Waals surface area contributed by atoms with Crippen LogP contribution in [0.5, 0.6) is 5.75 Å². The minimum absolute atomic E-state index is 0.352. The van der Waals surface area contributed by atoms with Gasteiger partial charge in [-0.05, 0) is 36.8 Å². The molecule has 0 saturated carbocycles. The fraction of sp³-hybridized carbons (Fsp3) is 0.176. The lowest BCUT2D eigenvalue weighted by molar-refractivity contribution is 0.306. The summed E-state index contributed by atoms with van der Waals surface area (Å²) in [6.45, 7) is 2.71. The lowest BCUT2D eigenvalue weighted by atomic mass is 10.1. The molecule has 21 heavy (non-hydrogen) atoms. The molecule has 0 aliphatic carbocycles. The Hall–Kier alpha value is -1.66. The van der Waals surface area contributed by atoms with E-state index in [1.165, 1.54) is 0 Å². The highest BCUT2D eigenvalue weighted by Crippen LogP contribution is 2.27. The van der Waals surface area contributed by atoms with Crippen LogP contribution < -0.4 is 10.5 Å². The Kier molecular flexibility index (Phi) is 5.52. The topological polar surface area (TPSA) is 35.2 Å². The highest BCUT2D eigenvalue weighted by atomic mass is 35.5. The fourth-order valence-corrected chi connectivity index (χ4v) is 2.21. The number of hydrogen-bond donors (Lipinski definition) is 1. The van der Waals surface area contributed by atoms with Crippen LogP contribution in [0.3, 0.4) is 0 Å². The van der Waals surface area contributed by atoms with Crippen molar-refractivity contribution in [2.75, 3.05) is 6.54 Å². The van der Waals surface area contributed by atoms with Gasteiger partial charge in [-0.3, -0.25) is 0 Å². The van der Waals surface area contributed by atoms with Gasteiger partial charge in [0, 0.05) is 11.1 Å². The van der Waals surface area contributed by atoms with Gasteiger partial charge in [-0.1, -0.05) is 47.2 Å². The Morgan fingerprint density at radius 2 is 2.00 bits per heavy atom. The summed E-state index contributed by atoms with van der Waals surface area (Å²) < 4.78 is 5.75. The van der Waals surface area contributed by atoms with Crippen molar-refractivity contribution in [2.45, 2.75) is 13.5 Å². The molecule has 108 valence electrons. The SMILES string of the molecule is Cc1cc(OCc2cccc(Cl)c2Cl)ccc1C#CCN. The summed E-state index contributed by atoms with van der Waals surface area (Å²) in [5.74, 6) is 6.63. The smallest absolute Gasteiger partial charge is 0.120 e. The molecule has 0 saturated heterocycles. The van der Waals surface area contributed by atoms with Crippen LogP contribution in [0.1, 0.15) is 16.7 Å². The number of hydrogen-bond acceptors (Lipinski definition) is 2. The van der Waals surface area contributed by atoms with Crippen LogP contribution in [0, 0.1) is 18.8 Å². The quantitative estimate of drug-likeness (QED) is 0.861. The number of nitrogens with two attached hydrogens (primary N) is 1. The molecule has 0 radical (unpaired) electrons. The van der Waals surface area contributed by atoms with E-state index in [9.17, 15) is 0 Å². The molecule has 4 heteroatoms. The van der Waals surface area contributed by atoms with Crippen LogP contribution in [0.15, 0.2) is 36.4 Å². The minimum atomic E-state index is 0.352. The summed E-state index contributed by atoms with van der Waals surface area (Å²) >= 11 is 12.1. The molecule has 2 nitrogen and oxygen atoms in total. The van der Waals surface area contributed by atoms with E-state index in [0.29, 0.717) is 23.2 Å². The van der Waals surface area contributed by atoms with Crippen LogP contribution in [0.25, 0.3) is 0 Å². The molecular weight excluding hydrogens is 305 g/mol. The van der Waals surface area contributed by atoms with Crippen LogP contribution >= 0.6 is 23.2 Å². The van der Waals surface area contributed by atoms with Gasteiger partial charge >= 0.3 is 0 Å². The van der Waals surface area contributed by atoms with Gasteiger partial charge in [0.15, 0.2) is 0 Å². The summed E-state index contributed by atoms with van der Waals surface area (Å²) in [4.78, 5) is 0. The molecule has 0 aliphatic rings. The third kappa shape index (κ3) is 4.15. The van der Waals surface area contributed by atoms with E-state index in [4.69, 9.17) is 33.7 Å². The third-order valence-corrected chi connectivity index (χ3v) is 3.81. The molecule has 0 atom stereocenters. The molecule has 0 bridgehead atoms. The van der Waals surface area contributed by atoms with Gasteiger partial charge < -0.3 is 10.5 Å². The molecule has 2 N–H and O–H groups in total. The summed E-state index contributed by atoms with van der Waals surface area (Å²) in [6.07, 6.45) is 0. The summed E-state index contributed by atoms with van der Waals surface area (Å²) in [6, 6.07) is 11.2. The first-order chi connectivity index (χ1) is 10.1. The second-order valence-corrected chi connectivity index (χ2v) is 5.27. The molecular formula is C17H15Cl2NO. The summed E-state index contributed by atoms with van der Waals surface area (Å²) in [7, 11) is 0. The van der Waals surface area contributed by atoms with Gasteiger partial charge in [-0.15, -0.1) is 0 Å². The van der Waals surface area contributed by atoms with Gasteiger partial charge in [0.1, 0.15) is 12.4 Å². The molecule has 0 heterocycles. The van der Waals surface area contributed by atoms with Crippen molar-refractivity contribution in [2.24, 2.45) is 5.73 Å². The maximum atomic E-state index is 6.13. The van der Waals surface area contributed by atoms with Gasteiger partial charge in [0.2, 0.25) is 0 Å². The van der Waals surface area contributed by atoms with Crippen molar-refractivity contribution < 1.29 is 4.74 Å². The number of halogens is 2. The molecule has 0 amide bonds. The highest BCUT2D eigenvalue weighted by molar-refractivity contribution is 6.42.